The minimum atomic E-state index is -7.22. The summed E-state index contributed by atoms with van der Waals surface area (Å²) in [5, 5.41) is 0. The predicted molar refractivity (Wildman–Crippen MR) is 398 cm³/mol. The average Bonchev–Trinajstić information content (AvgIpc) is 0.684. The van der Waals surface area contributed by atoms with Crippen LogP contribution in [0.15, 0.2) is 54.6 Å². The van der Waals surface area contributed by atoms with Gasteiger partial charge in [-0.1, -0.05) is 135 Å². The second-order valence-electron chi connectivity index (χ2n) is 29.8. The Morgan fingerprint density at radius 2 is 0.338 bits per heavy atom. The van der Waals surface area contributed by atoms with Crippen LogP contribution in [-0.2, 0) is 6.42 Å². The van der Waals surface area contributed by atoms with Gasteiger partial charge in [-0.25, -0.2) is 176 Å². The normalized spacial score (nSPS) is 11.7. The Morgan fingerprint density at radius 3 is 0.500 bits per heavy atom. The molecule has 44 heteroatoms. The molecule has 0 atom stereocenters. The maximum atomic E-state index is 15.4. The third-order valence-electron chi connectivity index (χ3n) is 21.6. The van der Waals surface area contributed by atoms with Gasteiger partial charge in [-0.3, -0.25) is 0 Å². The van der Waals surface area contributed by atoms with Gasteiger partial charge in [-0.15, -0.1) is 43.7 Å². The topological polar surface area (TPSA) is 8.88 Å². The van der Waals surface area contributed by atoms with Crippen molar-refractivity contribution in [2.75, 3.05) is 27.2 Å². The molecule has 0 aliphatic heterocycles. The van der Waals surface area contributed by atoms with Gasteiger partial charge < -0.3 is 9.80 Å². The third-order valence-corrected chi connectivity index (χ3v) is 21.6. The lowest BCUT2D eigenvalue weighted by molar-refractivity contribution is -0.833. The van der Waals surface area contributed by atoms with Crippen molar-refractivity contribution in [3.8, 4) is 0 Å². The molecule has 0 amide bonds. The van der Waals surface area contributed by atoms with Crippen molar-refractivity contribution in [3.05, 3.63) is 293 Å². The Kier molecular flexibility index (Phi) is 36.9. The van der Waals surface area contributed by atoms with E-state index in [1.54, 1.807) is 4.90 Å². The van der Waals surface area contributed by atoms with Crippen LogP contribution in [0.25, 0.3) is 0 Å². The monoisotopic (exact) mass is 1910 g/mol. The maximum absolute atomic E-state index is 15.4. The highest BCUT2D eigenvalue weighted by Gasteiger charge is 2.55. The largest absolute Gasteiger partial charge is 0.307 e. The van der Waals surface area contributed by atoms with Crippen molar-refractivity contribution in [3.63, 3.8) is 0 Å². The second kappa shape index (κ2) is 45.0. The summed E-state index contributed by atoms with van der Waals surface area (Å²) in [6.07, 6.45) is 12.1. The molecule has 0 fully saturated rings. The number of nitrogens with one attached hydrogen (secondary N) is 2. The molecule has 0 aromatic heterocycles. The van der Waals surface area contributed by atoms with Crippen molar-refractivity contribution >= 4 is 67.4 Å². The fourth-order valence-corrected chi connectivity index (χ4v) is 15.2. The molecule has 0 heterocycles. The first-order chi connectivity index (χ1) is 61.0. The first kappa shape index (κ1) is 106. The first-order valence-corrected chi connectivity index (χ1v) is 39.3. The average molecular weight is 1910 g/mol. The Bertz CT molecular complexity index is 4690. The number of aryl methyl sites for hydroxylation is 1. The molecule has 0 bridgehead atoms. The van der Waals surface area contributed by atoms with Crippen LogP contribution in [0, 0.1) is 233 Å². The summed E-state index contributed by atoms with van der Waals surface area (Å²) in [6.45, 7) is 9.54. The van der Waals surface area contributed by atoms with E-state index >= 15 is 70.2 Å². The lowest BCUT2D eigenvalue weighted by Crippen LogP contribution is -3.07. The zero-order valence-corrected chi connectivity index (χ0v) is 67.8. The molecule has 708 valence electrons. The lowest BCUT2D eigenvalue weighted by Gasteiger charge is -2.44. The van der Waals surface area contributed by atoms with E-state index in [1.807, 2.05) is 6.07 Å². The van der Waals surface area contributed by atoms with Crippen molar-refractivity contribution in [2.24, 2.45) is 0 Å². The molecule has 0 unspecified atom stereocenters. The van der Waals surface area contributed by atoms with Crippen LogP contribution in [0.1, 0.15) is 142 Å². The van der Waals surface area contributed by atoms with E-state index in [1.165, 1.54) is 157 Å². The summed E-state index contributed by atoms with van der Waals surface area (Å²) in [4.78, 5) is 3.11. The van der Waals surface area contributed by atoms with E-state index in [9.17, 15) is 105 Å². The van der Waals surface area contributed by atoms with Gasteiger partial charge in [0.15, 0.2) is 140 Å². The quantitative estimate of drug-likeness (QED) is 0.0141. The number of benzene rings is 10. The molecule has 0 aliphatic carbocycles. The number of hydrogen-bond acceptors (Lipinski definition) is 0. The van der Waals surface area contributed by atoms with Crippen LogP contribution >= 0.6 is 0 Å². The lowest BCUT2D eigenvalue weighted by atomic mass is 9.12. The zero-order chi connectivity index (χ0) is 97.8. The zero-order valence-electron chi connectivity index (χ0n) is 67.8. The standard InChI is InChI=1S/C30H55N.2C24BF20.C8H11N/c1-4-7-10-12-14-16-18-20-27-31(28-21-19-17-15-13-11-8-5-2)30-25-23-29(24-26-30)22-9-6-3;2*26-5-1(6(27)14(35)21(42)13(5)34)25(2-7(28)15(36)22(43)16(37)8(2)29,3-9(30)17(38)23(44)18(39)10(3)31)4-11(32)19(40)24(45)20(41)12(4)33;1-9(2)8-6-4-3-5-7-8/h23-26H,4-22,27-28H2,1-3H3;;;3-7H,1-2H3/q;2*-1;/p+2. The summed E-state index contributed by atoms with van der Waals surface area (Å²) in [7, 11) is 4.24. The minimum absolute atomic E-state index is 1.24. The third kappa shape index (κ3) is 20.4. The molecule has 2 N–H and O–H groups in total. The van der Waals surface area contributed by atoms with Gasteiger partial charge in [0.25, 0.3) is 0 Å². The van der Waals surface area contributed by atoms with Crippen LogP contribution in [0.5, 0.6) is 0 Å². The molecule has 0 saturated heterocycles. The van der Waals surface area contributed by atoms with Crippen LogP contribution in [-0.4, -0.2) is 39.5 Å². The van der Waals surface area contributed by atoms with Crippen LogP contribution < -0.4 is 53.5 Å². The minimum Gasteiger partial charge on any atom is -0.307 e. The molecule has 0 radical (unpaired) electrons. The van der Waals surface area contributed by atoms with Crippen LogP contribution in [0.4, 0.5) is 187 Å². The predicted octanol–water partition coefficient (Wildman–Crippen LogP) is 21.0. The molecule has 10 aromatic carbocycles. The van der Waals surface area contributed by atoms with E-state index < -0.39 is 289 Å². The number of hydrogen-bond donors (Lipinski definition) is 2. The Balaban J connectivity index is 0.000000258. The van der Waals surface area contributed by atoms with Gasteiger partial charge in [0.05, 0.1) is 27.2 Å². The summed E-state index contributed by atoms with van der Waals surface area (Å²) in [6, 6.07) is 20.0. The highest BCUT2D eigenvalue weighted by Crippen LogP contribution is 2.35. The summed E-state index contributed by atoms with van der Waals surface area (Å²) in [5.74, 6) is -143. The molecular weight excluding hydrogens is 1840 g/mol. The van der Waals surface area contributed by atoms with Crippen molar-refractivity contribution in [1.82, 2.24) is 0 Å². The summed E-state index contributed by atoms with van der Waals surface area (Å²) < 4.78 is 588. The van der Waals surface area contributed by atoms with E-state index in [0.717, 1.165) is 0 Å². The van der Waals surface area contributed by atoms with E-state index in [0.29, 0.717) is 0 Å². The molecule has 10 rings (SSSR count). The molecule has 10 aromatic rings. The number of quaternary nitrogens is 2. The second-order valence-corrected chi connectivity index (χ2v) is 29.8. The SMILES string of the molecule is CCCCCCCCCC[NH+](CCCCCCCCCC)c1ccc(CCCC)cc1.C[NH+](C)c1ccccc1.Fc1c(F)c(F)c([B-](c2c(F)c(F)c(F)c(F)c2F)(c2c(F)c(F)c(F)c(F)c2F)c2c(F)c(F)c(F)c(F)c2F)c(F)c1F.Fc1c(F)c(F)c([B-](c2c(F)c(F)c(F)c(F)c2F)(c2c(F)c(F)c(F)c(F)c2F)c2c(F)c(F)c(F)c(F)c2F)c(F)c1F. The number of halogens is 40. The van der Waals surface area contributed by atoms with E-state index in [4.69, 9.17) is 0 Å². The molecule has 0 aliphatic rings. The van der Waals surface area contributed by atoms with Gasteiger partial charge in [0, 0.05) is 0 Å². The Morgan fingerprint density at radius 1 is 0.177 bits per heavy atom. The molecule has 0 saturated carbocycles. The van der Waals surface area contributed by atoms with Crippen molar-refractivity contribution < 1.29 is 185 Å². The molecule has 0 spiro atoms. The highest BCUT2D eigenvalue weighted by atomic mass is 19.2. The van der Waals surface area contributed by atoms with Gasteiger partial charge >= 0.3 is 0 Å². The Labute approximate surface area is 713 Å². The smallest absolute Gasteiger partial charge is 0.200 e. The van der Waals surface area contributed by atoms with E-state index in [2.05, 4.69) is 83.4 Å². The van der Waals surface area contributed by atoms with Crippen LogP contribution in [0.2, 0.25) is 0 Å². The highest BCUT2D eigenvalue weighted by molar-refractivity contribution is 7.21. The fraction of sp³-hybridized carbons (Fsp3) is 0.302. The summed E-state index contributed by atoms with van der Waals surface area (Å²) in [5.41, 5.74) is -24.3. The van der Waals surface area contributed by atoms with Crippen molar-refractivity contribution in [1.29, 1.82) is 0 Å². The van der Waals surface area contributed by atoms with Crippen molar-refractivity contribution in [2.45, 2.75) is 143 Å². The first-order valence-electron chi connectivity index (χ1n) is 39.3. The fourth-order valence-electron chi connectivity index (χ4n) is 15.2. The number of rotatable bonds is 31. The molecule has 2 nitrogen and oxygen atoms in total. The maximum Gasteiger partial charge on any atom is 0.200 e. The Hall–Kier alpha value is -10.6. The van der Waals surface area contributed by atoms with Crippen LogP contribution in [0.3, 0.4) is 0 Å². The van der Waals surface area contributed by atoms with Gasteiger partial charge in [-0.2, -0.15) is 0 Å². The van der Waals surface area contributed by atoms with Gasteiger partial charge in [-0.05, 0) is 68.4 Å². The summed E-state index contributed by atoms with van der Waals surface area (Å²) >= 11 is 0. The molecule has 130 heavy (non-hydrogen) atoms. The number of unbranched alkanes of at least 4 members (excludes halogenated alkanes) is 15. The van der Waals surface area contributed by atoms with E-state index in [-0.39, 0.29) is 0 Å². The van der Waals surface area contributed by atoms with Gasteiger partial charge in [0.1, 0.15) is 117 Å². The van der Waals surface area contributed by atoms with Gasteiger partial charge in [0.2, 0.25) is 0 Å². The number of para-hydroxylation sites is 1. The molecular formula is C86H68B2F40N2.